The molecule has 23 heavy (non-hydrogen) atoms. The molecule has 0 amide bonds. The van der Waals surface area contributed by atoms with Crippen molar-refractivity contribution >= 4 is 22.5 Å². The maximum atomic E-state index is 5.76. The quantitative estimate of drug-likeness (QED) is 0.698. The lowest BCUT2D eigenvalue weighted by Gasteiger charge is -2.05. The van der Waals surface area contributed by atoms with E-state index in [9.17, 15) is 0 Å². The summed E-state index contributed by atoms with van der Waals surface area (Å²) >= 11 is 0. The van der Waals surface area contributed by atoms with Crippen LogP contribution in [0.2, 0.25) is 0 Å². The fourth-order valence-corrected chi connectivity index (χ4v) is 2.27. The summed E-state index contributed by atoms with van der Waals surface area (Å²) < 4.78 is 1.86. The Morgan fingerprint density at radius 3 is 2.74 bits per heavy atom. The molecule has 3 aromatic heterocycles. The molecule has 3 aromatic rings. The third kappa shape index (κ3) is 2.79. The molecule has 0 aliphatic heterocycles. The summed E-state index contributed by atoms with van der Waals surface area (Å²) in [5, 5.41) is 16.2. The van der Waals surface area contributed by atoms with E-state index in [0.29, 0.717) is 17.2 Å². The summed E-state index contributed by atoms with van der Waals surface area (Å²) in [6, 6.07) is 1.76. The number of anilines is 2. The molecule has 3 rings (SSSR count). The number of nitrogens with two attached hydrogens (primary N) is 1. The highest BCUT2D eigenvalue weighted by molar-refractivity contribution is 5.93. The van der Waals surface area contributed by atoms with Crippen molar-refractivity contribution in [1.29, 1.82) is 0 Å². The highest BCUT2D eigenvalue weighted by atomic mass is 15.3. The molecule has 0 unspecified atom stereocenters. The molecule has 0 atom stereocenters. The topological polar surface area (TPSA) is 94.5 Å². The third-order valence-corrected chi connectivity index (χ3v) is 3.49. The lowest BCUT2D eigenvalue weighted by atomic mass is 10.1. The normalized spacial score (nSPS) is 10.4. The van der Waals surface area contributed by atoms with Gasteiger partial charge in [0.2, 0.25) is 0 Å². The monoisotopic (exact) mass is 307 g/mol. The van der Waals surface area contributed by atoms with Crippen molar-refractivity contribution < 1.29 is 0 Å². The Balaban J connectivity index is 2.12. The zero-order valence-corrected chi connectivity index (χ0v) is 13.3. The number of hydrogen-bond donors (Lipinski definition) is 2. The summed E-state index contributed by atoms with van der Waals surface area (Å²) in [4.78, 5) is 4.33. The number of hydrogen-bond acceptors (Lipinski definition) is 6. The standard InChI is InChI=1S/C16H17N7/c1-4-23-9-12(10(2)22-23)6-5-11-8-19-16(18-3)15-13(11)7-14(17)20-21-15/h7-9H,4H2,1-3H3,(H2,17,20)(H,18,19). The highest BCUT2D eigenvalue weighted by Gasteiger charge is 2.08. The van der Waals surface area contributed by atoms with Crippen LogP contribution in [0.25, 0.3) is 10.9 Å². The number of aryl methyl sites for hydroxylation is 2. The molecule has 7 heteroatoms. The Labute approximate surface area is 133 Å². The Bertz CT molecular complexity index is 931. The minimum absolute atomic E-state index is 0.351. The maximum Gasteiger partial charge on any atom is 0.154 e. The Morgan fingerprint density at radius 2 is 2.04 bits per heavy atom. The fourth-order valence-electron chi connectivity index (χ4n) is 2.27. The molecular formula is C16H17N7. The number of aromatic nitrogens is 5. The van der Waals surface area contributed by atoms with E-state index in [-0.39, 0.29) is 0 Å². The Morgan fingerprint density at radius 1 is 1.26 bits per heavy atom. The van der Waals surface area contributed by atoms with Crippen molar-refractivity contribution in [2.45, 2.75) is 20.4 Å². The molecule has 0 saturated heterocycles. The van der Waals surface area contributed by atoms with E-state index in [4.69, 9.17) is 5.73 Å². The summed E-state index contributed by atoms with van der Waals surface area (Å²) in [5.74, 6) is 7.29. The van der Waals surface area contributed by atoms with Crippen molar-refractivity contribution in [2.24, 2.45) is 0 Å². The van der Waals surface area contributed by atoms with Crippen LogP contribution in [0.5, 0.6) is 0 Å². The summed E-state index contributed by atoms with van der Waals surface area (Å²) in [5.41, 5.74) is 8.96. The van der Waals surface area contributed by atoms with Gasteiger partial charge in [0.25, 0.3) is 0 Å². The zero-order valence-electron chi connectivity index (χ0n) is 13.3. The Kier molecular flexibility index (Phi) is 3.81. The Hall–Kier alpha value is -3.14. The minimum Gasteiger partial charge on any atom is -0.382 e. The highest BCUT2D eigenvalue weighted by Crippen LogP contribution is 2.22. The molecule has 0 aliphatic rings. The van der Waals surface area contributed by atoms with E-state index in [1.54, 1.807) is 19.3 Å². The van der Waals surface area contributed by atoms with Crippen LogP contribution in [-0.2, 0) is 6.54 Å². The lowest BCUT2D eigenvalue weighted by Crippen LogP contribution is -2.00. The summed E-state index contributed by atoms with van der Waals surface area (Å²) in [7, 11) is 1.79. The average Bonchev–Trinajstić information content (AvgIpc) is 2.92. The van der Waals surface area contributed by atoms with Gasteiger partial charge in [0.15, 0.2) is 5.82 Å². The molecule has 7 nitrogen and oxygen atoms in total. The van der Waals surface area contributed by atoms with Crippen molar-refractivity contribution in [2.75, 3.05) is 18.1 Å². The van der Waals surface area contributed by atoms with Gasteiger partial charge in [-0.05, 0) is 19.9 Å². The minimum atomic E-state index is 0.351. The molecule has 0 aromatic carbocycles. The van der Waals surface area contributed by atoms with Crippen molar-refractivity contribution in [3.05, 3.63) is 35.3 Å². The molecule has 0 saturated carbocycles. The zero-order chi connectivity index (χ0) is 16.4. The predicted octanol–water partition coefficient (Wildman–Crippen LogP) is 1.57. The van der Waals surface area contributed by atoms with Crippen LogP contribution in [0.3, 0.4) is 0 Å². The lowest BCUT2D eigenvalue weighted by molar-refractivity contribution is 0.653. The SMILES string of the molecule is CCn1cc(C#Cc2cnc(NC)c3nnc(N)cc23)c(C)n1. The van der Waals surface area contributed by atoms with Gasteiger partial charge in [-0.3, -0.25) is 4.68 Å². The average molecular weight is 307 g/mol. The van der Waals surface area contributed by atoms with E-state index < -0.39 is 0 Å². The number of nitrogen functional groups attached to an aromatic ring is 1. The molecule has 0 bridgehead atoms. The largest absolute Gasteiger partial charge is 0.382 e. The van der Waals surface area contributed by atoms with E-state index >= 15 is 0 Å². The summed E-state index contributed by atoms with van der Waals surface area (Å²) in [6.07, 6.45) is 3.65. The molecule has 3 heterocycles. The van der Waals surface area contributed by atoms with Crippen molar-refractivity contribution in [1.82, 2.24) is 25.0 Å². The van der Waals surface area contributed by atoms with Gasteiger partial charge in [0, 0.05) is 31.4 Å². The molecule has 0 fully saturated rings. The smallest absolute Gasteiger partial charge is 0.154 e. The van der Waals surface area contributed by atoms with Crippen LogP contribution in [0.4, 0.5) is 11.6 Å². The van der Waals surface area contributed by atoms with Crippen LogP contribution >= 0.6 is 0 Å². The van der Waals surface area contributed by atoms with E-state index in [1.165, 1.54) is 0 Å². The number of rotatable bonds is 2. The molecular weight excluding hydrogens is 290 g/mol. The first-order chi connectivity index (χ1) is 11.1. The van der Waals surface area contributed by atoms with Gasteiger partial charge < -0.3 is 11.1 Å². The van der Waals surface area contributed by atoms with Crippen molar-refractivity contribution in [3.8, 4) is 11.8 Å². The van der Waals surface area contributed by atoms with E-state index in [1.807, 2.05) is 24.7 Å². The molecule has 0 radical (unpaired) electrons. The second-order valence-electron chi connectivity index (χ2n) is 5.04. The second kappa shape index (κ2) is 5.93. The first-order valence-electron chi connectivity index (χ1n) is 7.28. The van der Waals surface area contributed by atoms with E-state index in [2.05, 4.69) is 37.4 Å². The van der Waals surface area contributed by atoms with Gasteiger partial charge in [0.05, 0.1) is 16.8 Å². The van der Waals surface area contributed by atoms with Crippen LogP contribution in [0, 0.1) is 18.8 Å². The van der Waals surface area contributed by atoms with Crippen LogP contribution < -0.4 is 11.1 Å². The van der Waals surface area contributed by atoms with Gasteiger partial charge in [-0.25, -0.2) is 4.98 Å². The molecule has 3 N–H and O–H groups in total. The van der Waals surface area contributed by atoms with Crippen LogP contribution in [0.1, 0.15) is 23.7 Å². The maximum absolute atomic E-state index is 5.76. The van der Waals surface area contributed by atoms with Crippen LogP contribution in [0.15, 0.2) is 18.5 Å². The van der Waals surface area contributed by atoms with E-state index in [0.717, 1.165) is 28.8 Å². The van der Waals surface area contributed by atoms with Gasteiger partial charge in [0.1, 0.15) is 11.3 Å². The van der Waals surface area contributed by atoms with Gasteiger partial charge in [-0.1, -0.05) is 11.8 Å². The van der Waals surface area contributed by atoms with Gasteiger partial charge in [-0.15, -0.1) is 10.2 Å². The first-order valence-corrected chi connectivity index (χ1v) is 7.28. The van der Waals surface area contributed by atoms with Gasteiger partial charge in [-0.2, -0.15) is 5.10 Å². The second-order valence-corrected chi connectivity index (χ2v) is 5.04. The molecule has 0 spiro atoms. The number of nitrogens with one attached hydrogen (secondary N) is 1. The third-order valence-electron chi connectivity index (χ3n) is 3.49. The number of nitrogens with zero attached hydrogens (tertiary/aromatic N) is 5. The number of pyridine rings is 1. The van der Waals surface area contributed by atoms with Crippen LogP contribution in [-0.4, -0.2) is 32.0 Å². The van der Waals surface area contributed by atoms with Crippen molar-refractivity contribution in [3.63, 3.8) is 0 Å². The predicted molar refractivity (Wildman–Crippen MR) is 89.9 cm³/mol. The molecule has 116 valence electrons. The molecule has 0 aliphatic carbocycles. The summed E-state index contributed by atoms with van der Waals surface area (Å²) in [6.45, 7) is 4.80. The fraction of sp³-hybridized carbons (Fsp3) is 0.250. The van der Waals surface area contributed by atoms with Gasteiger partial charge >= 0.3 is 0 Å². The first kappa shape index (κ1) is 14.8. The number of fused-ring (bicyclic) bond motifs is 1.